The lowest BCUT2D eigenvalue weighted by Crippen LogP contribution is -2.47. The van der Waals surface area contributed by atoms with Crippen molar-refractivity contribution in [2.24, 2.45) is 0 Å². The first-order valence-electron chi connectivity index (χ1n) is 6.47. The minimum absolute atomic E-state index is 0.0830. The van der Waals surface area contributed by atoms with Crippen LogP contribution in [-0.4, -0.2) is 38.7 Å². The van der Waals surface area contributed by atoms with Crippen LogP contribution < -0.4 is 10.5 Å². The summed E-state index contributed by atoms with van der Waals surface area (Å²) in [6, 6.07) is 3.88. The second-order valence-corrected chi connectivity index (χ2v) is 6.88. The number of hydrogen-bond acceptors (Lipinski definition) is 6. The Bertz CT molecular complexity index is 653. The fourth-order valence-corrected chi connectivity index (χ4v) is 3.41. The minimum atomic E-state index is -3.94. The lowest BCUT2D eigenvalue weighted by atomic mass is 9.81. The van der Waals surface area contributed by atoms with Crippen molar-refractivity contribution in [3.8, 4) is 0 Å². The Hall–Kier alpha value is -1.64. The monoisotopic (exact) mass is 314 g/mol. The van der Waals surface area contributed by atoms with Crippen LogP contribution >= 0.6 is 0 Å². The molecule has 0 bridgehead atoms. The molecule has 0 aromatic heterocycles. The molecule has 1 aliphatic carbocycles. The molecule has 0 heterocycles. The van der Waals surface area contributed by atoms with Gasteiger partial charge >= 0.3 is 5.97 Å². The quantitative estimate of drug-likeness (QED) is 0.529. The van der Waals surface area contributed by atoms with Crippen molar-refractivity contribution < 1.29 is 23.1 Å². The molecule has 1 aromatic rings. The Kier molecular flexibility index (Phi) is 4.22. The number of nitrogens with two attached hydrogens (primary N) is 1. The zero-order valence-electron chi connectivity index (χ0n) is 11.6. The van der Waals surface area contributed by atoms with E-state index in [9.17, 15) is 18.3 Å². The van der Waals surface area contributed by atoms with E-state index in [0.29, 0.717) is 12.8 Å². The molecule has 1 aromatic carbocycles. The number of nitrogens with one attached hydrogen (secondary N) is 1. The molecule has 1 saturated carbocycles. The van der Waals surface area contributed by atoms with Gasteiger partial charge in [-0.1, -0.05) is 0 Å². The van der Waals surface area contributed by atoms with Gasteiger partial charge in [0.1, 0.15) is 0 Å². The van der Waals surface area contributed by atoms with Crippen molar-refractivity contribution in [1.29, 1.82) is 0 Å². The first-order chi connectivity index (χ1) is 9.77. The molecule has 0 amide bonds. The number of esters is 1. The highest BCUT2D eigenvalue weighted by Crippen LogP contribution is 2.31. The second kappa shape index (κ2) is 5.63. The highest BCUT2D eigenvalue weighted by atomic mass is 32.2. The van der Waals surface area contributed by atoms with Gasteiger partial charge in [0.2, 0.25) is 10.0 Å². The minimum Gasteiger partial charge on any atom is -0.465 e. The molecule has 8 heteroatoms. The Balaban J connectivity index is 2.28. The van der Waals surface area contributed by atoms with Crippen LogP contribution in [0, 0.1) is 0 Å². The lowest BCUT2D eigenvalue weighted by Gasteiger charge is -2.36. The van der Waals surface area contributed by atoms with E-state index in [2.05, 4.69) is 9.46 Å². The third kappa shape index (κ3) is 3.34. The maximum atomic E-state index is 12.3. The molecular formula is C13H18N2O5S. The first kappa shape index (κ1) is 15.7. The summed E-state index contributed by atoms with van der Waals surface area (Å²) in [7, 11) is -2.78. The number of carbonyl (C=O) groups excluding carboxylic acids is 1. The molecule has 4 N–H and O–H groups in total. The smallest absolute Gasteiger partial charge is 0.339 e. The normalized spacial score (nSPS) is 17.0. The molecule has 0 radical (unpaired) electrons. The van der Waals surface area contributed by atoms with E-state index in [1.807, 2.05) is 0 Å². The number of aliphatic hydroxyl groups is 1. The van der Waals surface area contributed by atoms with Crippen LogP contribution in [0.25, 0.3) is 0 Å². The number of hydrogen-bond donors (Lipinski definition) is 3. The van der Waals surface area contributed by atoms with Crippen molar-refractivity contribution >= 4 is 21.7 Å². The summed E-state index contributed by atoms with van der Waals surface area (Å²) in [5.41, 5.74) is 4.70. The summed E-state index contributed by atoms with van der Waals surface area (Å²) in [6.45, 7) is -0.0830. The molecular weight excluding hydrogens is 296 g/mol. The molecule has 7 nitrogen and oxygen atoms in total. The number of carbonyl (C=O) groups is 1. The van der Waals surface area contributed by atoms with Crippen molar-refractivity contribution in [3.63, 3.8) is 0 Å². The SMILES string of the molecule is COC(=O)c1cc(N)ccc1S(=O)(=O)NCC1(O)CCC1. The Morgan fingerprint density at radius 2 is 2.14 bits per heavy atom. The average Bonchev–Trinajstić information content (AvgIpc) is 2.42. The Morgan fingerprint density at radius 1 is 1.48 bits per heavy atom. The molecule has 116 valence electrons. The van der Waals surface area contributed by atoms with Gasteiger partial charge in [-0.05, 0) is 37.5 Å². The van der Waals surface area contributed by atoms with Crippen LogP contribution in [0.1, 0.15) is 29.6 Å². The number of ether oxygens (including phenoxy) is 1. The number of sulfonamides is 1. The van der Waals surface area contributed by atoms with Crippen LogP contribution in [-0.2, 0) is 14.8 Å². The second-order valence-electron chi connectivity index (χ2n) is 5.15. The highest BCUT2D eigenvalue weighted by molar-refractivity contribution is 7.89. The van der Waals surface area contributed by atoms with Gasteiger partial charge in [-0.15, -0.1) is 0 Å². The molecule has 0 saturated heterocycles. The van der Waals surface area contributed by atoms with Gasteiger partial charge in [-0.3, -0.25) is 0 Å². The van der Waals surface area contributed by atoms with E-state index in [-0.39, 0.29) is 22.7 Å². The van der Waals surface area contributed by atoms with Gasteiger partial charge in [0.15, 0.2) is 0 Å². The van der Waals surface area contributed by atoms with Crippen LogP contribution in [0.4, 0.5) is 5.69 Å². The standard InChI is InChI=1S/C13H18N2O5S/c1-20-12(16)10-7-9(14)3-4-11(10)21(18,19)15-8-13(17)5-2-6-13/h3-4,7,15,17H,2,5-6,8,14H2,1H3. The first-order valence-corrected chi connectivity index (χ1v) is 7.96. The number of nitrogen functional groups attached to an aromatic ring is 1. The zero-order chi connectivity index (χ0) is 15.7. The van der Waals surface area contributed by atoms with E-state index >= 15 is 0 Å². The Labute approximate surface area is 123 Å². The summed E-state index contributed by atoms with van der Waals surface area (Å²) in [4.78, 5) is 11.5. The van der Waals surface area contributed by atoms with Gasteiger partial charge in [0, 0.05) is 12.2 Å². The summed E-state index contributed by atoms with van der Waals surface area (Å²) >= 11 is 0. The molecule has 2 rings (SSSR count). The predicted molar refractivity (Wildman–Crippen MR) is 76.2 cm³/mol. The van der Waals surface area contributed by atoms with Gasteiger partial charge in [-0.25, -0.2) is 17.9 Å². The van der Waals surface area contributed by atoms with E-state index in [1.54, 1.807) is 0 Å². The molecule has 0 unspecified atom stereocenters. The van der Waals surface area contributed by atoms with Gasteiger partial charge in [0.25, 0.3) is 0 Å². The topological polar surface area (TPSA) is 119 Å². The third-order valence-electron chi connectivity index (χ3n) is 3.57. The summed E-state index contributed by atoms with van der Waals surface area (Å²) in [6.07, 6.45) is 1.98. The summed E-state index contributed by atoms with van der Waals surface area (Å²) in [5, 5.41) is 9.95. The van der Waals surface area contributed by atoms with E-state index in [4.69, 9.17) is 5.73 Å². The molecule has 21 heavy (non-hydrogen) atoms. The molecule has 1 fully saturated rings. The average molecular weight is 314 g/mol. The molecule has 1 aliphatic rings. The maximum Gasteiger partial charge on any atom is 0.339 e. The fraction of sp³-hybridized carbons (Fsp3) is 0.462. The number of methoxy groups -OCH3 is 1. The zero-order valence-corrected chi connectivity index (χ0v) is 12.4. The van der Waals surface area contributed by atoms with Gasteiger partial charge < -0.3 is 15.6 Å². The van der Waals surface area contributed by atoms with Crippen LogP contribution in [0.5, 0.6) is 0 Å². The van der Waals surface area contributed by atoms with E-state index < -0.39 is 21.6 Å². The largest absolute Gasteiger partial charge is 0.465 e. The van der Waals surface area contributed by atoms with Crippen molar-refractivity contribution in [2.75, 3.05) is 19.4 Å². The number of rotatable bonds is 5. The molecule has 0 aliphatic heterocycles. The van der Waals surface area contributed by atoms with E-state index in [0.717, 1.165) is 13.5 Å². The van der Waals surface area contributed by atoms with Gasteiger partial charge in [0.05, 0.1) is 23.2 Å². The van der Waals surface area contributed by atoms with Crippen molar-refractivity contribution in [1.82, 2.24) is 4.72 Å². The summed E-state index contributed by atoms with van der Waals surface area (Å²) < 4.78 is 31.5. The number of benzene rings is 1. The summed E-state index contributed by atoms with van der Waals surface area (Å²) in [5.74, 6) is -0.787. The number of anilines is 1. The van der Waals surface area contributed by atoms with Crippen LogP contribution in [0.3, 0.4) is 0 Å². The lowest BCUT2D eigenvalue weighted by molar-refractivity contribution is -0.0270. The van der Waals surface area contributed by atoms with E-state index in [1.165, 1.54) is 18.2 Å². The fourth-order valence-electron chi connectivity index (χ4n) is 2.12. The maximum absolute atomic E-state index is 12.3. The molecule has 0 spiro atoms. The molecule has 0 atom stereocenters. The predicted octanol–water partition coefficient (Wildman–Crippen LogP) is 0.249. The van der Waals surface area contributed by atoms with Crippen LogP contribution in [0.2, 0.25) is 0 Å². The third-order valence-corrected chi connectivity index (χ3v) is 5.03. The van der Waals surface area contributed by atoms with Crippen molar-refractivity contribution in [2.45, 2.75) is 29.8 Å². The van der Waals surface area contributed by atoms with Crippen LogP contribution in [0.15, 0.2) is 23.1 Å². The van der Waals surface area contributed by atoms with Gasteiger partial charge in [-0.2, -0.15) is 0 Å². The van der Waals surface area contributed by atoms with Crippen molar-refractivity contribution in [3.05, 3.63) is 23.8 Å². The highest BCUT2D eigenvalue weighted by Gasteiger charge is 2.36. The Morgan fingerprint density at radius 3 is 2.67 bits per heavy atom.